The Bertz CT molecular complexity index is 764. The maximum Gasteiger partial charge on any atom is 0.453 e. The van der Waals surface area contributed by atoms with Gasteiger partial charge in [-0.3, -0.25) is 4.79 Å². The molecular weight excluding hydrogens is 303 g/mol. The van der Waals surface area contributed by atoms with E-state index in [1.165, 1.54) is 0 Å². The van der Waals surface area contributed by atoms with E-state index in [4.69, 9.17) is 5.11 Å². The Balaban J connectivity index is 2.08. The first kappa shape index (κ1) is 14.5. The second-order valence-electron chi connectivity index (χ2n) is 5.27. The van der Waals surface area contributed by atoms with Crippen molar-refractivity contribution >= 4 is 17.4 Å². The summed E-state index contributed by atoms with van der Waals surface area (Å²) in [7, 11) is 0. The zero-order valence-corrected chi connectivity index (χ0v) is 11.7. The van der Waals surface area contributed by atoms with Crippen LogP contribution >= 0.6 is 0 Å². The number of aromatic nitrogens is 4. The minimum absolute atomic E-state index is 0.0453. The van der Waals surface area contributed by atoms with Gasteiger partial charge in [0.1, 0.15) is 0 Å². The monoisotopic (exact) mass is 315 g/mol. The molecule has 3 heterocycles. The topological polar surface area (TPSA) is 83.6 Å². The van der Waals surface area contributed by atoms with E-state index in [0.717, 1.165) is 0 Å². The molecule has 118 valence electrons. The summed E-state index contributed by atoms with van der Waals surface area (Å²) in [4.78, 5) is 12.5. The summed E-state index contributed by atoms with van der Waals surface area (Å²) in [5, 5.41) is 19.6. The molecule has 0 amide bonds. The van der Waals surface area contributed by atoms with Gasteiger partial charge in [-0.1, -0.05) is 0 Å². The van der Waals surface area contributed by atoms with E-state index in [1.54, 1.807) is 18.7 Å². The van der Waals surface area contributed by atoms with Gasteiger partial charge in [-0.2, -0.15) is 17.7 Å². The molecular formula is C12H12F3N5O2. The average molecular weight is 315 g/mol. The molecule has 1 fully saturated rings. The molecule has 0 unspecified atom stereocenters. The Morgan fingerprint density at radius 3 is 2.41 bits per heavy atom. The third kappa shape index (κ3) is 2.06. The van der Waals surface area contributed by atoms with Crippen molar-refractivity contribution in [3.8, 4) is 0 Å². The van der Waals surface area contributed by atoms with E-state index in [0.29, 0.717) is 21.5 Å². The molecule has 22 heavy (non-hydrogen) atoms. The van der Waals surface area contributed by atoms with E-state index in [2.05, 4.69) is 15.3 Å². The molecule has 0 aromatic carbocycles. The molecule has 0 radical (unpaired) electrons. The SMILES string of the molecule is Cc1c(N2CC(C(=O)O)C2)nn2c(C(F)(F)F)nnc2c1C. The summed E-state index contributed by atoms with van der Waals surface area (Å²) in [5.74, 6) is -2.32. The fourth-order valence-electron chi connectivity index (χ4n) is 2.40. The number of rotatable bonds is 2. The van der Waals surface area contributed by atoms with Crippen LogP contribution in [0, 0.1) is 19.8 Å². The Labute approximate surface area is 122 Å². The highest BCUT2D eigenvalue weighted by Gasteiger charge is 2.39. The van der Waals surface area contributed by atoms with Crippen molar-refractivity contribution < 1.29 is 23.1 Å². The third-order valence-corrected chi connectivity index (χ3v) is 3.85. The lowest BCUT2D eigenvalue weighted by Gasteiger charge is -2.38. The number of nitrogens with zero attached hydrogens (tertiary/aromatic N) is 5. The standard InChI is InChI=1S/C12H12F3N5O2/c1-5-6(2)9(19-3-7(4-19)10(21)22)18-20-8(5)16-17-11(20)12(13,14)15/h7H,3-4H2,1-2H3,(H,21,22). The average Bonchev–Trinajstić information content (AvgIpc) is 2.76. The predicted molar refractivity (Wildman–Crippen MR) is 68.6 cm³/mol. The van der Waals surface area contributed by atoms with Crippen LogP contribution in [0.4, 0.5) is 19.0 Å². The molecule has 0 spiro atoms. The number of fused-ring (bicyclic) bond motifs is 1. The van der Waals surface area contributed by atoms with Crippen molar-refractivity contribution in [2.24, 2.45) is 5.92 Å². The van der Waals surface area contributed by atoms with Gasteiger partial charge < -0.3 is 10.0 Å². The third-order valence-electron chi connectivity index (χ3n) is 3.85. The molecule has 10 heteroatoms. The van der Waals surface area contributed by atoms with Gasteiger partial charge in [0.25, 0.3) is 5.82 Å². The number of anilines is 1. The van der Waals surface area contributed by atoms with Crippen LogP contribution in [0.3, 0.4) is 0 Å². The van der Waals surface area contributed by atoms with Crippen molar-refractivity contribution in [1.29, 1.82) is 0 Å². The highest BCUT2D eigenvalue weighted by Crippen LogP contribution is 2.32. The lowest BCUT2D eigenvalue weighted by molar-refractivity contribution is -0.146. The fraction of sp³-hybridized carbons (Fsp3) is 0.500. The molecule has 3 rings (SSSR count). The molecule has 2 aromatic rings. The van der Waals surface area contributed by atoms with Crippen LogP contribution < -0.4 is 4.90 Å². The predicted octanol–water partition coefficient (Wildman–Crippen LogP) is 1.28. The van der Waals surface area contributed by atoms with Crippen molar-refractivity contribution in [1.82, 2.24) is 19.8 Å². The summed E-state index contributed by atoms with van der Waals surface area (Å²) >= 11 is 0. The van der Waals surface area contributed by atoms with E-state index >= 15 is 0 Å². The summed E-state index contributed by atoms with van der Waals surface area (Å²) in [6, 6.07) is 0. The maximum atomic E-state index is 12.9. The van der Waals surface area contributed by atoms with Crippen LogP contribution in [0.15, 0.2) is 0 Å². The van der Waals surface area contributed by atoms with Crippen LogP contribution in [-0.4, -0.2) is 44.0 Å². The molecule has 1 aliphatic rings. The van der Waals surface area contributed by atoms with Crippen molar-refractivity contribution in [3.05, 3.63) is 17.0 Å². The van der Waals surface area contributed by atoms with Gasteiger partial charge in [0, 0.05) is 24.2 Å². The minimum atomic E-state index is -4.66. The summed E-state index contributed by atoms with van der Waals surface area (Å²) in [5.41, 5.74) is 1.24. The fourth-order valence-corrected chi connectivity index (χ4v) is 2.40. The van der Waals surface area contributed by atoms with Crippen LogP contribution in [0.1, 0.15) is 17.0 Å². The highest BCUT2D eigenvalue weighted by molar-refractivity contribution is 5.74. The summed E-state index contributed by atoms with van der Waals surface area (Å²) in [6.07, 6.45) is -4.66. The van der Waals surface area contributed by atoms with Crippen LogP contribution in [0.5, 0.6) is 0 Å². The Hall–Kier alpha value is -2.39. The molecule has 0 atom stereocenters. The first-order chi connectivity index (χ1) is 10.2. The minimum Gasteiger partial charge on any atom is -0.481 e. The number of hydrogen-bond donors (Lipinski definition) is 1. The Morgan fingerprint density at radius 1 is 1.23 bits per heavy atom. The Kier molecular flexibility index (Phi) is 3.01. The number of carboxylic acids is 1. The quantitative estimate of drug-likeness (QED) is 0.899. The molecule has 1 aliphatic heterocycles. The summed E-state index contributed by atoms with van der Waals surface area (Å²) in [6.45, 7) is 3.79. The van der Waals surface area contributed by atoms with Crippen LogP contribution in [0.2, 0.25) is 0 Å². The zero-order chi connectivity index (χ0) is 16.2. The van der Waals surface area contributed by atoms with E-state index in [1.807, 2.05) is 0 Å². The molecule has 0 saturated carbocycles. The second-order valence-corrected chi connectivity index (χ2v) is 5.27. The van der Waals surface area contributed by atoms with Gasteiger partial charge in [-0.05, 0) is 13.8 Å². The van der Waals surface area contributed by atoms with Crippen molar-refractivity contribution in [3.63, 3.8) is 0 Å². The summed E-state index contributed by atoms with van der Waals surface area (Å²) < 4.78 is 39.4. The largest absolute Gasteiger partial charge is 0.481 e. The number of aryl methyl sites for hydroxylation is 1. The van der Waals surface area contributed by atoms with Gasteiger partial charge in [-0.25, -0.2) is 0 Å². The van der Waals surface area contributed by atoms with Gasteiger partial charge in [-0.15, -0.1) is 15.3 Å². The van der Waals surface area contributed by atoms with Gasteiger partial charge in [0.2, 0.25) is 0 Å². The van der Waals surface area contributed by atoms with E-state index in [9.17, 15) is 18.0 Å². The zero-order valence-electron chi connectivity index (χ0n) is 11.7. The second kappa shape index (κ2) is 4.55. The van der Waals surface area contributed by atoms with Crippen LogP contribution in [0.25, 0.3) is 5.65 Å². The van der Waals surface area contributed by atoms with Gasteiger partial charge >= 0.3 is 12.1 Å². The smallest absolute Gasteiger partial charge is 0.453 e. The number of halogens is 3. The van der Waals surface area contributed by atoms with Gasteiger partial charge in [0.15, 0.2) is 11.5 Å². The van der Waals surface area contributed by atoms with Gasteiger partial charge in [0.05, 0.1) is 5.92 Å². The number of alkyl halides is 3. The van der Waals surface area contributed by atoms with Crippen molar-refractivity contribution in [2.75, 3.05) is 18.0 Å². The maximum absolute atomic E-state index is 12.9. The van der Waals surface area contributed by atoms with E-state index in [-0.39, 0.29) is 18.7 Å². The number of hydrogen-bond acceptors (Lipinski definition) is 5. The lowest BCUT2D eigenvalue weighted by atomic mass is 9.99. The van der Waals surface area contributed by atoms with E-state index < -0.39 is 23.9 Å². The molecule has 0 bridgehead atoms. The lowest BCUT2D eigenvalue weighted by Crippen LogP contribution is -2.51. The first-order valence-electron chi connectivity index (χ1n) is 6.47. The van der Waals surface area contributed by atoms with Crippen LogP contribution in [-0.2, 0) is 11.0 Å². The van der Waals surface area contributed by atoms with Crippen molar-refractivity contribution in [2.45, 2.75) is 20.0 Å². The number of carbonyl (C=O) groups is 1. The normalized spacial score (nSPS) is 16.1. The Morgan fingerprint density at radius 2 is 1.86 bits per heavy atom. The molecule has 0 aliphatic carbocycles. The number of aliphatic carboxylic acids is 1. The first-order valence-corrected chi connectivity index (χ1v) is 6.47. The molecule has 1 saturated heterocycles. The molecule has 2 aromatic heterocycles. The molecule has 1 N–H and O–H groups in total. The molecule has 7 nitrogen and oxygen atoms in total. The highest BCUT2D eigenvalue weighted by atomic mass is 19.4. The number of carboxylic acid groups (broad SMARTS) is 1.